The van der Waals surface area contributed by atoms with Crippen LogP contribution in [0.2, 0.25) is 5.02 Å². The highest BCUT2D eigenvalue weighted by Crippen LogP contribution is 2.26. The number of aryl methyl sites for hydroxylation is 1. The van der Waals surface area contributed by atoms with Gasteiger partial charge in [0.05, 0.1) is 6.61 Å². The number of benzene rings is 1. The van der Waals surface area contributed by atoms with Crippen molar-refractivity contribution in [2.45, 2.75) is 12.8 Å². The van der Waals surface area contributed by atoms with E-state index in [9.17, 15) is 0 Å². The third kappa shape index (κ3) is 3.49. The van der Waals surface area contributed by atoms with Crippen LogP contribution >= 0.6 is 11.6 Å². The van der Waals surface area contributed by atoms with Crippen molar-refractivity contribution in [2.24, 2.45) is 12.8 Å². The fourth-order valence-electron chi connectivity index (χ4n) is 1.95. The maximum Gasteiger partial charge on any atom is 0.124 e. The first-order valence-corrected chi connectivity index (χ1v) is 6.66. The summed E-state index contributed by atoms with van der Waals surface area (Å²) >= 11 is 6.16. The van der Waals surface area contributed by atoms with Crippen molar-refractivity contribution >= 4 is 11.6 Å². The maximum absolute atomic E-state index is 6.16. The van der Waals surface area contributed by atoms with Crippen LogP contribution in [0.15, 0.2) is 30.6 Å². The summed E-state index contributed by atoms with van der Waals surface area (Å²) in [4.78, 5) is 4.26. The summed E-state index contributed by atoms with van der Waals surface area (Å²) in [5.41, 5.74) is 6.57. The number of rotatable bonds is 6. The van der Waals surface area contributed by atoms with Gasteiger partial charge in [-0.15, -0.1) is 0 Å². The molecule has 0 fully saturated rings. The van der Waals surface area contributed by atoms with E-state index in [4.69, 9.17) is 22.1 Å². The van der Waals surface area contributed by atoms with Crippen molar-refractivity contribution in [1.29, 1.82) is 0 Å². The number of hydrogen-bond donors (Lipinski definition) is 1. The lowest BCUT2D eigenvalue weighted by atomic mass is 10.1. The molecule has 0 amide bonds. The topological polar surface area (TPSA) is 53.1 Å². The minimum Gasteiger partial charge on any atom is -0.493 e. The molecule has 0 saturated carbocycles. The van der Waals surface area contributed by atoms with E-state index in [-0.39, 0.29) is 0 Å². The van der Waals surface area contributed by atoms with Gasteiger partial charge < -0.3 is 15.0 Å². The van der Waals surface area contributed by atoms with Crippen molar-refractivity contribution in [1.82, 2.24) is 9.55 Å². The Hall–Kier alpha value is -1.52. The van der Waals surface area contributed by atoms with Crippen molar-refractivity contribution in [3.63, 3.8) is 0 Å². The Morgan fingerprint density at radius 3 is 2.89 bits per heavy atom. The second-order valence-electron chi connectivity index (χ2n) is 4.31. The predicted octanol–water partition coefficient (Wildman–Crippen LogP) is 2.20. The Morgan fingerprint density at radius 2 is 2.21 bits per heavy atom. The molecule has 2 N–H and O–H groups in total. The highest BCUT2D eigenvalue weighted by Gasteiger charge is 2.08. The average Bonchev–Trinajstić information content (AvgIpc) is 2.79. The molecular formula is C14H18ClN3O. The van der Waals surface area contributed by atoms with Crippen LogP contribution in [-0.4, -0.2) is 22.7 Å². The van der Waals surface area contributed by atoms with Gasteiger partial charge in [0.15, 0.2) is 0 Å². The van der Waals surface area contributed by atoms with Crippen molar-refractivity contribution in [3.05, 3.63) is 47.0 Å². The van der Waals surface area contributed by atoms with E-state index in [1.54, 1.807) is 6.20 Å². The molecule has 0 atom stereocenters. The molecular weight excluding hydrogens is 262 g/mol. The van der Waals surface area contributed by atoms with Crippen LogP contribution in [0.5, 0.6) is 5.75 Å². The monoisotopic (exact) mass is 279 g/mol. The van der Waals surface area contributed by atoms with Crippen LogP contribution in [-0.2, 0) is 19.9 Å². The molecule has 1 aromatic heterocycles. The highest BCUT2D eigenvalue weighted by atomic mass is 35.5. The van der Waals surface area contributed by atoms with E-state index in [0.29, 0.717) is 18.2 Å². The van der Waals surface area contributed by atoms with Crippen LogP contribution in [0.25, 0.3) is 0 Å². The second kappa shape index (κ2) is 6.59. The number of imidazole rings is 1. The summed E-state index contributed by atoms with van der Waals surface area (Å²) in [6.45, 7) is 1.13. The Kier molecular flexibility index (Phi) is 4.82. The smallest absolute Gasteiger partial charge is 0.124 e. The lowest BCUT2D eigenvalue weighted by Gasteiger charge is -2.12. The molecule has 4 nitrogen and oxygen atoms in total. The van der Waals surface area contributed by atoms with Crippen molar-refractivity contribution in [2.75, 3.05) is 13.2 Å². The van der Waals surface area contributed by atoms with Gasteiger partial charge in [-0.2, -0.15) is 0 Å². The third-order valence-corrected chi connectivity index (χ3v) is 3.33. The summed E-state index contributed by atoms with van der Waals surface area (Å²) in [7, 11) is 1.97. The second-order valence-corrected chi connectivity index (χ2v) is 4.72. The Bertz CT molecular complexity index is 539. The standard InChI is InChI=1S/C14H18ClN3O/c1-18-9-8-17-14(18)6-10-19-13-4-2-3-12(15)11(13)5-7-16/h2-4,8-9H,5-7,10,16H2,1H3. The van der Waals surface area contributed by atoms with Crippen molar-refractivity contribution in [3.8, 4) is 5.75 Å². The number of aromatic nitrogens is 2. The summed E-state index contributed by atoms with van der Waals surface area (Å²) in [5.74, 6) is 1.81. The van der Waals surface area contributed by atoms with Crippen LogP contribution in [0, 0.1) is 0 Å². The fraction of sp³-hybridized carbons (Fsp3) is 0.357. The van der Waals surface area contributed by atoms with E-state index in [1.807, 2.05) is 36.0 Å². The molecule has 0 radical (unpaired) electrons. The molecule has 0 spiro atoms. The molecule has 0 unspecified atom stereocenters. The van der Waals surface area contributed by atoms with Crippen LogP contribution < -0.4 is 10.5 Å². The molecule has 5 heteroatoms. The Morgan fingerprint density at radius 1 is 1.37 bits per heavy atom. The quantitative estimate of drug-likeness (QED) is 0.882. The predicted molar refractivity (Wildman–Crippen MR) is 76.6 cm³/mol. The van der Waals surface area contributed by atoms with Crippen molar-refractivity contribution < 1.29 is 4.74 Å². The largest absolute Gasteiger partial charge is 0.493 e. The average molecular weight is 280 g/mol. The number of halogens is 1. The first-order valence-electron chi connectivity index (χ1n) is 6.29. The number of nitrogens with zero attached hydrogens (tertiary/aromatic N) is 2. The van der Waals surface area contributed by atoms with Gasteiger partial charge in [-0.25, -0.2) is 4.98 Å². The first-order chi connectivity index (χ1) is 9.22. The maximum atomic E-state index is 6.16. The molecule has 0 aliphatic heterocycles. The number of nitrogens with two attached hydrogens (primary N) is 1. The van der Waals surface area contributed by atoms with Gasteiger partial charge in [-0.05, 0) is 25.1 Å². The number of ether oxygens (including phenoxy) is 1. The van der Waals surface area contributed by atoms with Gasteiger partial charge in [0.2, 0.25) is 0 Å². The summed E-state index contributed by atoms with van der Waals surface area (Å²) in [6, 6.07) is 5.67. The van der Waals surface area contributed by atoms with E-state index in [2.05, 4.69) is 4.98 Å². The Balaban J connectivity index is 1.99. The molecule has 19 heavy (non-hydrogen) atoms. The third-order valence-electron chi connectivity index (χ3n) is 2.97. The van der Waals surface area contributed by atoms with E-state index < -0.39 is 0 Å². The zero-order valence-corrected chi connectivity index (χ0v) is 11.7. The molecule has 0 saturated heterocycles. The summed E-state index contributed by atoms with van der Waals surface area (Å²) in [6.07, 6.45) is 5.19. The molecule has 0 aliphatic carbocycles. The van der Waals surface area contributed by atoms with Crippen LogP contribution in [0.1, 0.15) is 11.4 Å². The normalized spacial score (nSPS) is 10.7. The van der Waals surface area contributed by atoms with Crippen LogP contribution in [0.4, 0.5) is 0 Å². The summed E-state index contributed by atoms with van der Waals surface area (Å²) in [5, 5.41) is 0.708. The molecule has 0 bridgehead atoms. The minimum absolute atomic E-state index is 0.555. The SMILES string of the molecule is Cn1ccnc1CCOc1cccc(Cl)c1CCN. The van der Waals surface area contributed by atoms with Gasteiger partial charge >= 0.3 is 0 Å². The lowest BCUT2D eigenvalue weighted by molar-refractivity contribution is 0.314. The molecule has 1 aromatic carbocycles. The highest BCUT2D eigenvalue weighted by molar-refractivity contribution is 6.31. The van der Waals surface area contributed by atoms with E-state index in [1.165, 1.54) is 0 Å². The van der Waals surface area contributed by atoms with Crippen LogP contribution in [0.3, 0.4) is 0 Å². The van der Waals surface area contributed by atoms with E-state index >= 15 is 0 Å². The van der Waals surface area contributed by atoms with Gasteiger partial charge in [-0.1, -0.05) is 17.7 Å². The summed E-state index contributed by atoms with van der Waals surface area (Å²) < 4.78 is 7.79. The molecule has 0 aliphatic rings. The molecule has 1 heterocycles. The van der Waals surface area contributed by atoms with Gasteiger partial charge in [0.1, 0.15) is 11.6 Å². The van der Waals surface area contributed by atoms with Gasteiger partial charge in [0, 0.05) is 36.4 Å². The zero-order chi connectivity index (χ0) is 13.7. The lowest BCUT2D eigenvalue weighted by Crippen LogP contribution is -2.09. The van der Waals surface area contributed by atoms with Gasteiger partial charge in [0.25, 0.3) is 0 Å². The zero-order valence-electron chi connectivity index (χ0n) is 11.0. The first kappa shape index (κ1) is 13.9. The van der Waals surface area contributed by atoms with Gasteiger partial charge in [-0.3, -0.25) is 0 Å². The van der Waals surface area contributed by atoms with E-state index in [0.717, 1.165) is 30.0 Å². The molecule has 102 valence electrons. The molecule has 2 rings (SSSR count). The Labute approximate surface area is 118 Å². The number of hydrogen-bond acceptors (Lipinski definition) is 3. The molecule has 2 aromatic rings. The fourth-order valence-corrected chi connectivity index (χ4v) is 2.21. The minimum atomic E-state index is 0.555.